The van der Waals surface area contributed by atoms with Crippen molar-refractivity contribution in [2.24, 2.45) is 0 Å². The summed E-state index contributed by atoms with van der Waals surface area (Å²) in [7, 11) is 1.57. The maximum atomic E-state index is 11.1. The summed E-state index contributed by atoms with van der Waals surface area (Å²) >= 11 is 0. The molecule has 1 aromatic heterocycles. The van der Waals surface area contributed by atoms with Crippen molar-refractivity contribution in [2.45, 2.75) is 6.54 Å². The van der Waals surface area contributed by atoms with Gasteiger partial charge in [-0.3, -0.25) is 0 Å². The van der Waals surface area contributed by atoms with Crippen LogP contribution in [0.5, 0.6) is 0 Å². The average molecular weight is 292 g/mol. The summed E-state index contributed by atoms with van der Waals surface area (Å²) in [5, 5.41) is 10.1. The molecule has 0 saturated heterocycles. The molecule has 0 atom stereocenters. The average Bonchev–Trinajstić information content (AvgIpc) is 2.55. The first-order valence-corrected chi connectivity index (χ1v) is 7.03. The molecular weight excluding hydrogens is 276 g/mol. The molecule has 4 nitrogen and oxygen atoms in total. The van der Waals surface area contributed by atoms with Crippen LogP contribution in [0.2, 0.25) is 0 Å². The van der Waals surface area contributed by atoms with Crippen molar-refractivity contribution in [2.75, 3.05) is 7.05 Å². The van der Waals surface area contributed by atoms with E-state index in [2.05, 4.69) is 0 Å². The summed E-state index contributed by atoms with van der Waals surface area (Å²) in [5.74, 6) is 0. The van der Waals surface area contributed by atoms with Crippen LogP contribution in [-0.2, 0) is 6.54 Å². The standard InChI is InChI=1S/C18H16N2O2/c1-20(18(21)22)12-14-11-17(13-7-3-2-4-8-13)19-16-10-6-5-9-15(14)16/h2-11H,12H2,1H3,(H,21,22). The topological polar surface area (TPSA) is 53.4 Å². The molecule has 0 fully saturated rings. The number of aromatic nitrogens is 1. The highest BCUT2D eigenvalue weighted by Gasteiger charge is 2.11. The van der Waals surface area contributed by atoms with E-state index >= 15 is 0 Å². The zero-order valence-corrected chi connectivity index (χ0v) is 12.2. The van der Waals surface area contributed by atoms with Gasteiger partial charge in [-0.15, -0.1) is 0 Å². The number of rotatable bonds is 3. The molecule has 3 aromatic rings. The Hall–Kier alpha value is -2.88. The molecule has 0 bridgehead atoms. The minimum Gasteiger partial charge on any atom is -0.465 e. The summed E-state index contributed by atoms with van der Waals surface area (Å²) < 4.78 is 0. The van der Waals surface area contributed by atoms with Crippen LogP contribution in [-0.4, -0.2) is 28.1 Å². The lowest BCUT2D eigenvalue weighted by Gasteiger charge is -2.16. The molecule has 3 rings (SSSR count). The first kappa shape index (κ1) is 14.1. The molecule has 0 radical (unpaired) electrons. The van der Waals surface area contributed by atoms with Gasteiger partial charge in [0.25, 0.3) is 0 Å². The molecule has 0 aliphatic carbocycles. The van der Waals surface area contributed by atoms with Crippen LogP contribution in [0.3, 0.4) is 0 Å². The number of carboxylic acid groups (broad SMARTS) is 1. The van der Waals surface area contributed by atoms with Gasteiger partial charge in [0.05, 0.1) is 11.2 Å². The van der Waals surface area contributed by atoms with Crippen molar-refractivity contribution in [3.8, 4) is 11.3 Å². The number of carbonyl (C=O) groups is 1. The van der Waals surface area contributed by atoms with Crippen molar-refractivity contribution in [3.05, 3.63) is 66.2 Å². The summed E-state index contributed by atoms with van der Waals surface area (Å²) in [6.07, 6.45) is -0.942. The summed E-state index contributed by atoms with van der Waals surface area (Å²) in [6, 6.07) is 19.7. The molecule has 22 heavy (non-hydrogen) atoms. The Labute approximate surface area is 128 Å². The molecule has 0 unspecified atom stereocenters. The van der Waals surface area contributed by atoms with Crippen molar-refractivity contribution in [1.82, 2.24) is 9.88 Å². The summed E-state index contributed by atoms with van der Waals surface area (Å²) in [6.45, 7) is 0.332. The van der Waals surface area contributed by atoms with Gasteiger partial charge >= 0.3 is 6.09 Å². The van der Waals surface area contributed by atoms with Crippen LogP contribution < -0.4 is 0 Å². The third-order valence-corrected chi connectivity index (χ3v) is 3.61. The Kier molecular flexibility index (Phi) is 3.74. The molecule has 1 heterocycles. The fourth-order valence-electron chi connectivity index (χ4n) is 2.46. The molecule has 2 aromatic carbocycles. The lowest BCUT2D eigenvalue weighted by atomic mass is 10.0. The Morgan fingerprint density at radius 3 is 2.50 bits per heavy atom. The van der Waals surface area contributed by atoms with Crippen molar-refractivity contribution >= 4 is 17.0 Å². The van der Waals surface area contributed by atoms with Gasteiger partial charge in [-0.05, 0) is 17.7 Å². The van der Waals surface area contributed by atoms with Gasteiger partial charge in [0.1, 0.15) is 0 Å². The predicted octanol–water partition coefficient (Wildman–Crippen LogP) is 4.01. The van der Waals surface area contributed by atoms with E-state index in [0.29, 0.717) is 6.54 Å². The van der Waals surface area contributed by atoms with Crippen LogP contribution in [0.25, 0.3) is 22.2 Å². The lowest BCUT2D eigenvalue weighted by Crippen LogP contribution is -2.24. The largest absolute Gasteiger partial charge is 0.465 e. The number of hydrogen-bond acceptors (Lipinski definition) is 2. The number of benzene rings is 2. The Bertz CT molecular complexity index is 816. The second kappa shape index (κ2) is 5.85. The van der Waals surface area contributed by atoms with Gasteiger partial charge in [-0.25, -0.2) is 9.78 Å². The van der Waals surface area contributed by atoms with E-state index in [9.17, 15) is 4.79 Å². The highest BCUT2D eigenvalue weighted by molar-refractivity contribution is 5.85. The first-order chi connectivity index (χ1) is 10.6. The zero-order chi connectivity index (χ0) is 15.5. The second-order valence-electron chi connectivity index (χ2n) is 5.19. The monoisotopic (exact) mass is 292 g/mol. The van der Waals surface area contributed by atoms with E-state index in [4.69, 9.17) is 10.1 Å². The van der Waals surface area contributed by atoms with E-state index in [1.54, 1.807) is 7.05 Å². The van der Waals surface area contributed by atoms with Gasteiger partial charge in [-0.1, -0.05) is 48.5 Å². The normalized spacial score (nSPS) is 10.6. The van der Waals surface area contributed by atoms with Crippen molar-refractivity contribution < 1.29 is 9.90 Å². The summed E-state index contributed by atoms with van der Waals surface area (Å²) in [5.41, 5.74) is 3.70. The third-order valence-electron chi connectivity index (χ3n) is 3.61. The molecule has 0 saturated carbocycles. The maximum Gasteiger partial charge on any atom is 0.407 e. The molecule has 1 N–H and O–H groups in total. The molecule has 0 aliphatic heterocycles. The SMILES string of the molecule is CN(Cc1cc(-c2ccccc2)nc2ccccc12)C(=O)O. The van der Waals surface area contributed by atoms with Crippen LogP contribution in [0.1, 0.15) is 5.56 Å². The van der Waals surface area contributed by atoms with Crippen LogP contribution in [0.15, 0.2) is 60.7 Å². The number of fused-ring (bicyclic) bond motifs is 1. The Morgan fingerprint density at radius 1 is 1.09 bits per heavy atom. The molecule has 0 spiro atoms. The maximum absolute atomic E-state index is 11.1. The second-order valence-corrected chi connectivity index (χ2v) is 5.19. The number of nitrogens with zero attached hydrogens (tertiary/aromatic N) is 2. The summed E-state index contributed by atoms with van der Waals surface area (Å²) in [4.78, 5) is 17.1. The van der Waals surface area contributed by atoms with Gasteiger partial charge in [0.15, 0.2) is 0 Å². The minimum absolute atomic E-state index is 0.332. The Balaban J connectivity index is 2.14. The van der Waals surface area contributed by atoms with Gasteiger partial charge in [0, 0.05) is 24.5 Å². The van der Waals surface area contributed by atoms with E-state index in [1.165, 1.54) is 4.90 Å². The fourth-order valence-corrected chi connectivity index (χ4v) is 2.46. The molecule has 110 valence electrons. The van der Waals surface area contributed by atoms with Crippen molar-refractivity contribution in [1.29, 1.82) is 0 Å². The van der Waals surface area contributed by atoms with Crippen LogP contribution >= 0.6 is 0 Å². The Morgan fingerprint density at radius 2 is 1.77 bits per heavy atom. The highest BCUT2D eigenvalue weighted by atomic mass is 16.4. The minimum atomic E-state index is -0.942. The van der Waals surface area contributed by atoms with E-state index in [-0.39, 0.29) is 0 Å². The van der Waals surface area contributed by atoms with E-state index in [1.807, 2.05) is 60.7 Å². The number of hydrogen-bond donors (Lipinski definition) is 1. The number of para-hydroxylation sites is 1. The van der Waals surface area contributed by atoms with Crippen molar-refractivity contribution in [3.63, 3.8) is 0 Å². The number of amides is 1. The quantitative estimate of drug-likeness (QED) is 0.793. The lowest BCUT2D eigenvalue weighted by molar-refractivity contribution is 0.154. The molecule has 0 aliphatic rings. The van der Waals surface area contributed by atoms with Crippen LogP contribution in [0, 0.1) is 0 Å². The molecule has 1 amide bonds. The predicted molar refractivity (Wildman–Crippen MR) is 86.7 cm³/mol. The first-order valence-electron chi connectivity index (χ1n) is 7.03. The van der Waals surface area contributed by atoms with Gasteiger partial charge in [0.2, 0.25) is 0 Å². The van der Waals surface area contributed by atoms with Gasteiger partial charge < -0.3 is 10.0 Å². The smallest absolute Gasteiger partial charge is 0.407 e. The molecular formula is C18H16N2O2. The number of pyridine rings is 1. The van der Waals surface area contributed by atoms with E-state index in [0.717, 1.165) is 27.7 Å². The fraction of sp³-hybridized carbons (Fsp3) is 0.111. The molecule has 4 heteroatoms. The van der Waals surface area contributed by atoms with Gasteiger partial charge in [-0.2, -0.15) is 0 Å². The van der Waals surface area contributed by atoms with E-state index < -0.39 is 6.09 Å². The zero-order valence-electron chi connectivity index (χ0n) is 12.2. The highest BCUT2D eigenvalue weighted by Crippen LogP contribution is 2.25. The third kappa shape index (κ3) is 2.76. The van der Waals surface area contributed by atoms with Crippen LogP contribution in [0.4, 0.5) is 4.79 Å².